The van der Waals surface area contributed by atoms with Crippen LogP contribution in [-0.2, 0) is 6.42 Å². The van der Waals surface area contributed by atoms with Crippen molar-refractivity contribution in [1.82, 2.24) is 10.2 Å². The fraction of sp³-hybridized carbons (Fsp3) is 0.280. The van der Waals surface area contributed by atoms with Crippen molar-refractivity contribution in [3.8, 4) is 11.5 Å². The number of aryl methyl sites for hydroxylation is 2. The molecule has 0 radical (unpaired) electrons. The van der Waals surface area contributed by atoms with Crippen molar-refractivity contribution >= 4 is 44.9 Å². The molecule has 180 valence electrons. The van der Waals surface area contributed by atoms with Gasteiger partial charge in [-0.3, -0.25) is 14.5 Å². The molecule has 0 spiro atoms. The monoisotopic (exact) mass is 511 g/mol. The number of carbonyl (C=O) groups excluding carboxylic acids is 1. The van der Waals surface area contributed by atoms with Gasteiger partial charge in [-0.2, -0.15) is 0 Å². The molecule has 0 fully saturated rings. The Morgan fingerprint density at radius 3 is 2.63 bits per heavy atom. The molecule has 8 nitrogen and oxygen atoms in total. The predicted molar refractivity (Wildman–Crippen MR) is 134 cm³/mol. The van der Waals surface area contributed by atoms with Crippen molar-refractivity contribution in [3.63, 3.8) is 0 Å². The smallest absolute Gasteiger partial charge is 0.297 e. The summed E-state index contributed by atoms with van der Waals surface area (Å²) in [6.45, 7) is 6.12. The number of methoxy groups -OCH3 is 1. The number of nitrogens with zero attached hydrogens (tertiary/aromatic N) is 3. The van der Waals surface area contributed by atoms with Crippen molar-refractivity contribution in [1.29, 1.82) is 0 Å². The van der Waals surface area contributed by atoms with E-state index in [0.29, 0.717) is 51.2 Å². The molecule has 1 atom stereocenters. The maximum Gasteiger partial charge on any atom is 0.297 e. The summed E-state index contributed by atoms with van der Waals surface area (Å²) >= 11 is 7.62. The molecule has 4 aromatic rings. The van der Waals surface area contributed by atoms with E-state index in [1.165, 1.54) is 23.3 Å². The second-order valence-corrected chi connectivity index (χ2v) is 9.47. The molecule has 0 saturated heterocycles. The molecule has 5 rings (SSSR count). The fourth-order valence-electron chi connectivity index (χ4n) is 4.22. The average molecular weight is 512 g/mol. The van der Waals surface area contributed by atoms with Gasteiger partial charge in [0, 0.05) is 5.02 Å². The number of rotatable bonds is 6. The molecule has 2 aromatic carbocycles. The van der Waals surface area contributed by atoms with E-state index in [-0.39, 0.29) is 16.8 Å². The normalized spacial score (nSPS) is 15.1. The molecule has 2 aromatic heterocycles. The summed E-state index contributed by atoms with van der Waals surface area (Å²) in [5, 5.41) is 10.3. The number of hydrogen-bond donors (Lipinski definition) is 0. The van der Waals surface area contributed by atoms with Gasteiger partial charge >= 0.3 is 0 Å². The lowest BCUT2D eigenvalue weighted by Crippen LogP contribution is -2.29. The van der Waals surface area contributed by atoms with Crippen LogP contribution in [0.3, 0.4) is 0 Å². The van der Waals surface area contributed by atoms with Crippen LogP contribution in [0, 0.1) is 6.92 Å². The molecule has 0 N–H and O–H groups in total. The van der Waals surface area contributed by atoms with Crippen LogP contribution < -0.4 is 19.8 Å². The van der Waals surface area contributed by atoms with Crippen molar-refractivity contribution in [3.05, 3.63) is 73.0 Å². The molecule has 3 heterocycles. The van der Waals surface area contributed by atoms with E-state index in [1.54, 1.807) is 30.3 Å². The molecule has 1 aliphatic heterocycles. The molecule has 35 heavy (non-hydrogen) atoms. The van der Waals surface area contributed by atoms with E-state index < -0.39 is 11.9 Å². The quantitative estimate of drug-likeness (QED) is 0.345. The van der Waals surface area contributed by atoms with Crippen LogP contribution in [0.15, 0.2) is 39.5 Å². The van der Waals surface area contributed by atoms with Gasteiger partial charge in [-0.15, -0.1) is 10.2 Å². The molecule has 1 aliphatic rings. The second-order valence-electron chi connectivity index (χ2n) is 8.02. The summed E-state index contributed by atoms with van der Waals surface area (Å²) in [7, 11) is 1.54. The van der Waals surface area contributed by atoms with Gasteiger partial charge < -0.3 is 13.9 Å². The number of anilines is 1. The zero-order valence-corrected chi connectivity index (χ0v) is 21.1. The first-order chi connectivity index (χ1) is 16.9. The zero-order chi connectivity index (χ0) is 24.9. The Morgan fingerprint density at radius 1 is 1.14 bits per heavy atom. The maximum atomic E-state index is 13.8. The van der Waals surface area contributed by atoms with Gasteiger partial charge in [0.2, 0.25) is 10.9 Å². The summed E-state index contributed by atoms with van der Waals surface area (Å²) < 4.78 is 17.2. The van der Waals surface area contributed by atoms with Crippen molar-refractivity contribution in [2.24, 2.45) is 0 Å². The molecule has 0 saturated carbocycles. The van der Waals surface area contributed by atoms with Crippen LogP contribution >= 0.6 is 22.9 Å². The topological polar surface area (TPSA) is 94.8 Å². The Hall–Kier alpha value is -3.43. The summed E-state index contributed by atoms with van der Waals surface area (Å²) in [4.78, 5) is 29.0. The van der Waals surface area contributed by atoms with Gasteiger partial charge in [-0.05, 0) is 55.7 Å². The predicted octanol–water partition coefficient (Wildman–Crippen LogP) is 5.33. The Balaban J connectivity index is 1.78. The lowest BCUT2D eigenvalue weighted by atomic mass is 9.98. The molecule has 10 heteroatoms. The van der Waals surface area contributed by atoms with Crippen molar-refractivity contribution < 1.29 is 18.7 Å². The van der Waals surface area contributed by atoms with Crippen LogP contribution in [0.5, 0.6) is 11.5 Å². The lowest BCUT2D eigenvalue weighted by Gasteiger charge is -2.23. The highest BCUT2D eigenvalue weighted by Gasteiger charge is 2.45. The van der Waals surface area contributed by atoms with E-state index >= 15 is 0 Å². The SMILES string of the molecule is CCOc1ccc(C2c3c(oc4cc(C)c(Cl)cc4c3=O)C(=O)N2c2nnc(CC)s2)cc1OC. The third kappa shape index (κ3) is 3.75. The molecule has 1 amide bonds. The first kappa shape index (κ1) is 23.3. The van der Waals surface area contributed by atoms with Crippen LogP contribution in [0.2, 0.25) is 5.02 Å². The number of ether oxygens (including phenoxy) is 2. The van der Waals surface area contributed by atoms with Gasteiger partial charge in [0.25, 0.3) is 5.91 Å². The summed E-state index contributed by atoms with van der Waals surface area (Å²) in [5.74, 6) is 0.575. The highest BCUT2D eigenvalue weighted by Crippen LogP contribution is 2.44. The van der Waals surface area contributed by atoms with Crippen molar-refractivity contribution in [2.45, 2.75) is 33.2 Å². The number of benzene rings is 2. The van der Waals surface area contributed by atoms with Crippen LogP contribution in [0.1, 0.15) is 52.1 Å². The molecule has 0 bridgehead atoms. The number of aromatic nitrogens is 2. The number of fused-ring (bicyclic) bond motifs is 2. The first-order valence-electron chi connectivity index (χ1n) is 11.1. The average Bonchev–Trinajstić information content (AvgIpc) is 3.43. The Kier molecular flexibility index (Phi) is 5.98. The van der Waals surface area contributed by atoms with Gasteiger partial charge in [0.1, 0.15) is 10.6 Å². The Morgan fingerprint density at radius 2 is 1.94 bits per heavy atom. The lowest BCUT2D eigenvalue weighted by molar-refractivity contribution is 0.0970. The molecular formula is C25H22ClN3O5S. The highest BCUT2D eigenvalue weighted by molar-refractivity contribution is 7.15. The van der Waals surface area contributed by atoms with E-state index in [9.17, 15) is 9.59 Å². The summed E-state index contributed by atoms with van der Waals surface area (Å²) in [6.07, 6.45) is 0.674. The largest absolute Gasteiger partial charge is 0.493 e. The number of halogens is 1. The fourth-order valence-corrected chi connectivity index (χ4v) is 5.19. The maximum absolute atomic E-state index is 13.8. The minimum atomic E-state index is -0.791. The number of hydrogen-bond acceptors (Lipinski definition) is 8. The van der Waals surface area contributed by atoms with Gasteiger partial charge in [-0.1, -0.05) is 35.9 Å². The first-order valence-corrected chi connectivity index (χ1v) is 12.3. The molecule has 1 unspecified atom stereocenters. The van der Waals surface area contributed by atoms with Crippen LogP contribution in [-0.4, -0.2) is 29.8 Å². The van der Waals surface area contributed by atoms with E-state index in [1.807, 2.05) is 20.8 Å². The van der Waals surface area contributed by atoms with E-state index in [4.69, 9.17) is 25.5 Å². The molecule has 0 aliphatic carbocycles. The van der Waals surface area contributed by atoms with E-state index in [0.717, 1.165) is 10.6 Å². The van der Waals surface area contributed by atoms with Crippen LogP contribution in [0.25, 0.3) is 11.0 Å². The second kappa shape index (κ2) is 8.98. The minimum absolute atomic E-state index is 0.0182. The van der Waals surface area contributed by atoms with Gasteiger partial charge in [-0.25, -0.2) is 0 Å². The summed E-state index contributed by atoms with van der Waals surface area (Å²) in [6, 6.07) is 7.80. The molecular weight excluding hydrogens is 490 g/mol. The van der Waals surface area contributed by atoms with E-state index in [2.05, 4.69) is 10.2 Å². The number of carbonyl (C=O) groups is 1. The third-order valence-corrected chi connectivity index (χ3v) is 7.39. The van der Waals surface area contributed by atoms with Crippen molar-refractivity contribution in [2.75, 3.05) is 18.6 Å². The number of amides is 1. The van der Waals surface area contributed by atoms with Gasteiger partial charge in [0.15, 0.2) is 16.9 Å². The minimum Gasteiger partial charge on any atom is -0.493 e. The Bertz CT molecular complexity index is 1530. The van der Waals surface area contributed by atoms with Crippen LogP contribution in [0.4, 0.5) is 5.13 Å². The highest BCUT2D eigenvalue weighted by atomic mass is 35.5. The zero-order valence-electron chi connectivity index (χ0n) is 19.5. The van der Waals surface area contributed by atoms with Gasteiger partial charge in [0.05, 0.1) is 30.7 Å². The third-order valence-electron chi connectivity index (χ3n) is 5.92. The Labute approximate surface area is 210 Å². The summed E-state index contributed by atoms with van der Waals surface area (Å²) in [5.41, 5.74) is 1.60. The standard InChI is InChI=1S/C25H22ClN3O5S/c1-5-19-27-28-25(35-19)29-21(13-7-8-16(33-6-2)18(10-13)32-4)20-22(30)14-11-15(26)12(3)9-17(14)34-23(20)24(29)31/h7-11,21H,5-6H2,1-4H3.